The number of carbonyl (C=O) groups excluding carboxylic acids is 2. The number of amides is 2. The minimum Gasteiger partial charge on any atom is -0.357 e. The molecule has 0 aliphatic heterocycles. The van der Waals surface area contributed by atoms with Crippen molar-refractivity contribution in [3.8, 4) is 0 Å². The average Bonchev–Trinajstić information content (AvgIpc) is 3.00. The Morgan fingerprint density at radius 1 is 0.810 bits per heavy atom. The molecule has 1 unspecified atom stereocenters. The van der Waals surface area contributed by atoms with Crippen molar-refractivity contribution in [1.29, 1.82) is 0 Å². The minimum atomic E-state index is -4.15. The largest absolute Gasteiger partial charge is 0.357 e. The van der Waals surface area contributed by atoms with Gasteiger partial charge in [-0.3, -0.25) is 13.9 Å². The minimum absolute atomic E-state index is 0.00610. The first kappa shape index (κ1) is 31.1. The van der Waals surface area contributed by atoms with Crippen LogP contribution in [0.5, 0.6) is 0 Å². The number of sulfonamides is 1. The van der Waals surface area contributed by atoms with Crippen LogP contribution in [-0.4, -0.2) is 44.8 Å². The molecular weight excluding hydrogens is 593 g/mol. The normalized spacial score (nSPS) is 11.9. The number of carbonyl (C=O) groups is 2. The molecule has 0 aromatic heterocycles. The summed E-state index contributed by atoms with van der Waals surface area (Å²) in [6.45, 7) is 1.32. The summed E-state index contributed by atoms with van der Waals surface area (Å²) in [5.74, 6) is -0.954. The molecule has 1 atom stereocenters. The van der Waals surface area contributed by atoms with Gasteiger partial charge in [0, 0.05) is 20.0 Å². The lowest BCUT2D eigenvalue weighted by molar-refractivity contribution is -0.139. The zero-order valence-corrected chi connectivity index (χ0v) is 25.5. The van der Waals surface area contributed by atoms with E-state index in [0.29, 0.717) is 21.3 Å². The predicted octanol–water partition coefficient (Wildman–Crippen LogP) is 5.88. The maximum Gasteiger partial charge on any atom is 0.264 e. The molecule has 0 aliphatic carbocycles. The number of rotatable bonds is 11. The lowest BCUT2D eigenvalue weighted by Gasteiger charge is -2.33. The van der Waals surface area contributed by atoms with Gasteiger partial charge in [0.05, 0.1) is 20.6 Å². The maximum absolute atomic E-state index is 14.2. The Labute approximate surface area is 256 Å². The monoisotopic (exact) mass is 623 g/mol. The number of likely N-dealkylation sites (N-methyl/N-ethyl adjacent to an activating group) is 1. The molecule has 10 heteroatoms. The Hall–Kier alpha value is -3.85. The van der Waals surface area contributed by atoms with Crippen LogP contribution in [0.1, 0.15) is 16.7 Å². The number of aryl methyl sites for hydroxylation is 1. The number of halogens is 2. The van der Waals surface area contributed by atoms with Gasteiger partial charge in [0.25, 0.3) is 10.0 Å². The van der Waals surface area contributed by atoms with Crippen molar-refractivity contribution in [2.75, 3.05) is 17.9 Å². The molecule has 0 bridgehead atoms. The van der Waals surface area contributed by atoms with E-state index in [0.717, 1.165) is 15.4 Å². The van der Waals surface area contributed by atoms with Crippen LogP contribution in [0.3, 0.4) is 0 Å². The van der Waals surface area contributed by atoms with Crippen LogP contribution in [0.4, 0.5) is 5.69 Å². The molecular formula is C32H31Cl2N3O4S. The Morgan fingerprint density at radius 2 is 1.43 bits per heavy atom. The molecule has 0 heterocycles. The molecule has 4 aromatic carbocycles. The molecule has 0 fully saturated rings. The van der Waals surface area contributed by atoms with Gasteiger partial charge in [0.15, 0.2) is 0 Å². The molecule has 0 aliphatic rings. The fourth-order valence-corrected chi connectivity index (χ4v) is 6.25. The standard InChI is InChI=1S/C32H31Cl2N3O4S/c1-23-13-16-27(17-14-23)42(40,41)37(26-11-7-4-8-12-26)22-31(38)36(21-25-15-18-28(33)29(34)19-25)30(32(39)35-2)20-24-9-5-3-6-10-24/h3-19,30H,20-22H2,1-2H3,(H,35,39). The van der Waals surface area contributed by atoms with Crippen molar-refractivity contribution in [2.45, 2.75) is 30.8 Å². The summed E-state index contributed by atoms with van der Waals surface area (Å²) in [5, 5.41) is 3.31. The highest BCUT2D eigenvalue weighted by Gasteiger charge is 2.34. The third-order valence-corrected chi connectivity index (χ3v) is 9.31. The van der Waals surface area contributed by atoms with Crippen molar-refractivity contribution in [1.82, 2.24) is 10.2 Å². The second kappa shape index (κ2) is 13.9. The average molecular weight is 625 g/mol. The predicted molar refractivity (Wildman–Crippen MR) is 167 cm³/mol. The van der Waals surface area contributed by atoms with E-state index in [2.05, 4.69) is 5.32 Å². The van der Waals surface area contributed by atoms with E-state index in [1.54, 1.807) is 60.7 Å². The molecule has 0 saturated carbocycles. The first-order valence-corrected chi connectivity index (χ1v) is 15.4. The molecule has 2 amide bonds. The number of hydrogen-bond donors (Lipinski definition) is 1. The van der Waals surface area contributed by atoms with Crippen molar-refractivity contribution >= 4 is 50.7 Å². The van der Waals surface area contributed by atoms with Gasteiger partial charge in [-0.2, -0.15) is 0 Å². The first-order valence-electron chi connectivity index (χ1n) is 13.2. The van der Waals surface area contributed by atoms with Crippen LogP contribution < -0.4 is 9.62 Å². The SMILES string of the molecule is CNC(=O)C(Cc1ccccc1)N(Cc1ccc(Cl)c(Cl)c1)C(=O)CN(c1ccccc1)S(=O)(=O)c1ccc(C)cc1. The van der Waals surface area contributed by atoms with E-state index >= 15 is 0 Å². The van der Waals surface area contributed by atoms with Gasteiger partial charge >= 0.3 is 0 Å². The first-order chi connectivity index (χ1) is 20.1. The number of hydrogen-bond acceptors (Lipinski definition) is 4. The third kappa shape index (κ3) is 7.50. The van der Waals surface area contributed by atoms with Gasteiger partial charge in [0.1, 0.15) is 12.6 Å². The lowest BCUT2D eigenvalue weighted by atomic mass is 10.0. The van der Waals surface area contributed by atoms with Crippen molar-refractivity contribution in [2.24, 2.45) is 0 Å². The zero-order valence-electron chi connectivity index (χ0n) is 23.2. The van der Waals surface area contributed by atoms with Crippen LogP contribution in [0.2, 0.25) is 10.0 Å². The quantitative estimate of drug-likeness (QED) is 0.226. The van der Waals surface area contributed by atoms with Gasteiger partial charge in [-0.05, 0) is 54.4 Å². The van der Waals surface area contributed by atoms with E-state index in [1.807, 2.05) is 37.3 Å². The number of nitrogens with zero attached hydrogens (tertiary/aromatic N) is 2. The zero-order chi connectivity index (χ0) is 30.3. The third-order valence-electron chi connectivity index (χ3n) is 6.79. The summed E-state index contributed by atoms with van der Waals surface area (Å²) in [6.07, 6.45) is 0.212. The number of benzene rings is 4. The number of para-hydroxylation sites is 1. The van der Waals surface area contributed by atoms with E-state index in [9.17, 15) is 18.0 Å². The second-order valence-corrected chi connectivity index (χ2v) is 12.4. The Bertz CT molecular complexity index is 1630. The van der Waals surface area contributed by atoms with E-state index in [-0.39, 0.29) is 23.8 Å². The fraction of sp³-hybridized carbons (Fsp3) is 0.188. The highest BCUT2D eigenvalue weighted by molar-refractivity contribution is 7.92. The van der Waals surface area contributed by atoms with Crippen molar-refractivity contribution in [3.63, 3.8) is 0 Å². The smallest absolute Gasteiger partial charge is 0.264 e. The molecule has 0 saturated heterocycles. The summed E-state index contributed by atoms with van der Waals surface area (Å²) in [5.41, 5.74) is 2.69. The van der Waals surface area contributed by atoms with Gasteiger partial charge in [-0.15, -0.1) is 0 Å². The molecule has 4 rings (SSSR count). The highest BCUT2D eigenvalue weighted by atomic mass is 35.5. The van der Waals surface area contributed by atoms with Crippen LogP contribution in [0, 0.1) is 6.92 Å². The number of anilines is 1. The summed E-state index contributed by atoms with van der Waals surface area (Å²) in [4.78, 5) is 29.0. The second-order valence-electron chi connectivity index (χ2n) is 9.75. The molecule has 0 spiro atoms. The van der Waals surface area contributed by atoms with Crippen LogP contribution in [-0.2, 0) is 32.6 Å². The van der Waals surface area contributed by atoms with Crippen LogP contribution in [0.25, 0.3) is 0 Å². The van der Waals surface area contributed by atoms with Crippen molar-refractivity contribution < 1.29 is 18.0 Å². The number of nitrogens with one attached hydrogen (secondary N) is 1. The molecule has 42 heavy (non-hydrogen) atoms. The fourth-order valence-electron chi connectivity index (χ4n) is 4.52. The molecule has 1 N–H and O–H groups in total. The molecule has 4 aromatic rings. The van der Waals surface area contributed by atoms with Crippen LogP contribution in [0.15, 0.2) is 108 Å². The summed E-state index contributed by atoms with van der Waals surface area (Å²) in [6, 6.07) is 28.2. The van der Waals surface area contributed by atoms with Gasteiger partial charge in [-0.1, -0.05) is 95.5 Å². The van der Waals surface area contributed by atoms with E-state index < -0.39 is 28.5 Å². The topological polar surface area (TPSA) is 86.8 Å². The molecule has 7 nitrogen and oxygen atoms in total. The Morgan fingerprint density at radius 3 is 2.02 bits per heavy atom. The summed E-state index contributed by atoms with van der Waals surface area (Å²) >= 11 is 12.4. The van der Waals surface area contributed by atoms with E-state index in [1.165, 1.54) is 24.1 Å². The lowest BCUT2D eigenvalue weighted by Crippen LogP contribution is -2.53. The molecule has 0 radical (unpaired) electrons. The summed E-state index contributed by atoms with van der Waals surface area (Å²) in [7, 11) is -2.65. The maximum atomic E-state index is 14.2. The van der Waals surface area contributed by atoms with E-state index in [4.69, 9.17) is 23.2 Å². The summed E-state index contributed by atoms with van der Waals surface area (Å²) < 4.78 is 28.9. The van der Waals surface area contributed by atoms with Crippen LogP contribution >= 0.6 is 23.2 Å². The van der Waals surface area contributed by atoms with Gasteiger partial charge in [-0.25, -0.2) is 8.42 Å². The van der Waals surface area contributed by atoms with Crippen molar-refractivity contribution in [3.05, 3.63) is 130 Å². The Kier molecular flexibility index (Phi) is 10.3. The van der Waals surface area contributed by atoms with Gasteiger partial charge in [0.2, 0.25) is 11.8 Å². The highest BCUT2D eigenvalue weighted by Crippen LogP contribution is 2.27. The molecule has 218 valence electrons. The van der Waals surface area contributed by atoms with Gasteiger partial charge < -0.3 is 10.2 Å². The Balaban J connectivity index is 1.78.